The quantitative estimate of drug-likeness (QED) is 0.487. The summed E-state index contributed by atoms with van der Waals surface area (Å²) in [7, 11) is 0. The number of nitrogens with two attached hydrogens (primary N) is 2. The Morgan fingerprint density at radius 1 is 0.765 bits per heavy atom. The second-order valence-corrected chi connectivity index (χ2v) is 3.95. The largest absolute Gasteiger partial charge is 0.312 e. The molecule has 4 heteroatoms. The van der Waals surface area contributed by atoms with Gasteiger partial charge in [-0.1, -0.05) is 24.3 Å². The lowest BCUT2D eigenvalue weighted by Gasteiger charge is -2.09. The Labute approximate surface area is 98.3 Å². The Bertz CT molecular complexity index is 691. The van der Waals surface area contributed by atoms with Crippen LogP contribution in [0, 0.1) is 0 Å². The first-order valence-corrected chi connectivity index (χ1v) is 5.42. The number of hydrogen-bond acceptors (Lipinski definition) is 4. The molecular weight excluding hydrogens is 212 g/mol. The first-order valence-electron chi connectivity index (χ1n) is 5.42. The number of aromatic nitrogens is 2. The van der Waals surface area contributed by atoms with E-state index in [-0.39, 0.29) is 0 Å². The van der Waals surface area contributed by atoms with Crippen molar-refractivity contribution in [1.29, 1.82) is 0 Å². The predicted octanol–water partition coefficient (Wildman–Crippen LogP) is 1.70. The van der Waals surface area contributed by atoms with Crippen molar-refractivity contribution in [3.8, 4) is 0 Å². The van der Waals surface area contributed by atoms with E-state index in [0.717, 1.165) is 27.6 Å². The summed E-state index contributed by atoms with van der Waals surface area (Å²) in [6, 6.07) is 13.5. The van der Waals surface area contributed by atoms with Crippen LogP contribution in [0.15, 0.2) is 42.5 Å². The molecule has 4 N–H and O–H groups in total. The minimum Gasteiger partial charge on any atom is -0.312 e. The summed E-state index contributed by atoms with van der Waals surface area (Å²) < 4.78 is 0. The molecule has 0 amide bonds. The Morgan fingerprint density at radius 2 is 1.41 bits per heavy atom. The maximum atomic E-state index is 5.73. The fraction of sp³-hybridized carbons (Fsp3) is 0.0769. The molecule has 0 fully saturated rings. The number of para-hydroxylation sites is 3. The summed E-state index contributed by atoms with van der Waals surface area (Å²) in [5.41, 5.74) is 15.6. The predicted molar refractivity (Wildman–Crippen MR) is 68.2 cm³/mol. The highest BCUT2D eigenvalue weighted by Crippen LogP contribution is 2.20. The second-order valence-electron chi connectivity index (χ2n) is 3.95. The smallest absolute Gasteiger partial charge is 0.0955 e. The molecule has 0 atom stereocenters. The van der Waals surface area contributed by atoms with Crippen molar-refractivity contribution in [3.63, 3.8) is 0 Å². The zero-order chi connectivity index (χ0) is 11.8. The highest BCUT2D eigenvalue weighted by molar-refractivity contribution is 5.88. The van der Waals surface area contributed by atoms with Crippen LogP contribution in [0.5, 0.6) is 0 Å². The van der Waals surface area contributed by atoms with Gasteiger partial charge >= 0.3 is 0 Å². The molecule has 0 aliphatic heterocycles. The van der Waals surface area contributed by atoms with Crippen LogP contribution in [0.3, 0.4) is 0 Å². The topological polar surface area (TPSA) is 77.8 Å². The summed E-state index contributed by atoms with van der Waals surface area (Å²) in [4.78, 5) is 9.12. The van der Waals surface area contributed by atoms with Gasteiger partial charge in [0.1, 0.15) is 0 Å². The minimum absolute atomic E-state index is 0.533. The third kappa shape index (κ3) is 1.63. The minimum atomic E-state index is -0.533. The van der Waals surface area contributed by atoms with E-state index >= 15 is 0 Å². The van der Waals surface area contributed by atoms with Gasteiger partial charge in [0.05, 0.1) is 28.2 Å². The van der Waals surface area contributed by atoms with Crippen LogP contribution < -0.4 is 11.5 Å². The first kappa shape index (κ1) is 10.1. The van der Waals surface area contributed by atoms with Crippen LogP contribution in [-0.2, 0) is 0 Å². The number of rotatable bonds is 1. The lowest BCUT2D eigenvalue weighted by molar-refractivity contribution is 0.779. The zero-order valence-corrected chi connectivity index (χ0v) is 9.17. The molecule has 0 spiro atoms. The average molecular weight is 224 g/mol. The number of hydrogen-bond donors (Lipinski definition) is 2. The molecule has 1 aromatic heterocycles. The lowest BCUT2D eigenvalue weighted by atomic mass is 10.1. The highest BCUT2D eigenvalue weighted by Gasteiger charge is 2.08. The lowest BCUT2D eigenvalue weighted by Crippen LogP contribution is -2.20. The van der Waals surface area contributed by atoms with E-state index in [4.69, 9.17) is 11.5 Å². The maximum Gasteiger partial charge on any atom is 0.0955 e. The highest BCUT2D eigenvalue weighted by atomic mass is 14.9. The summed E-state index contributed by atoms with van der Waals surface area (Å²) in [5, 5.41) is 0. The molecule has 17 heavy (non-hydrogen) atoms. The Kier molecular flexibility index (Phi) is 2.24. The van der Waals surface area contributed by atoms with Crippen molar-refractivity contribution >= 4 is 22.1 Å². The van der Waals surface area contributed by atoms with Gasteiger partial charge in [-0.2, -0.15) is 0 Å². The Hall–Kier alpha value is -2.04. The molecule has 0 saturated heterocycles. The Morgan fingerprint density at radius 3 is 2.12 bits per heavy atom. The normalized spacial score (nSPS) is 11.5. The van der Waals surface area contributed by atoms with Gasteiger partial charge in [-0.25, -0.2) is 9.97 Å². The van der Waals surface area contributed by atoms with E-state index in [0.29, 0.717) is 0 Å². The molecule has 0 unspecified atom stereocenters. The van der Waals surface area contributed by atoms with Crippen molar-refractivity contribution in [1.82, 2.24) is 9.97 Å². The zero-order valence-electron chi connectivity index (χ0n) is 9.17. The maximum absolute atomic E-state index is 5.73. The van der Waals surface area contributed by atoms with Gasteiger partial charge in [-0.05, 0) is 18.2 Å². The standard InChI is InChI=1S/C13H12N4/c14-13(15)8-4-3-7-11-12(8)17-10-6-2-1-5-9(10)16-11/h1-7,13H,14-15H2. The van der Waals surface area contributed by atoms with E-state index in [9.17, 15) is 0 Å². The first-order chi connectivity index (χ1) is 8.25. The van der Waals surface area contributed by atoms with Gasteiger partial charge in [-0.15, -0.1) is 0 Å². The van der Waals surface area contributed by atoms with Crippen molar-refractivity contribution in [2.45, 2.75) is 6.17 Å². The number of nitrogens with zero attached hydrogens (tertiary/aromatic N) is 2. The van der Waals surface area contributed by atoms with Crippen LogP contribution >= 0.6 is 0 Å². The molecule has 3 aromatic rings. The van der Waals surface area contributed by atoms with Crippen LogP contribution in [0.1, 0.15) is 11.7 Å². The van der Waals surface area contributed by atoms with Gasteiger partial charge < -0.3 is 11.5 Å². The van der Waals surface area contributed by atoms with Crippen molar-refractivity contribution in [3.05, 3.63) is 48.0 Å². The monoisotopic (exact) mass is 224 g/mol. The molecule has 0 saturated carbocycles. The van der Waals surface area contributed by atoms with Crippen LogP contribution in [0.4, 0.5) is 0 Å². The van der Waals surface area contributed by atoms with Gasteiger partial charge in [0, 0.05) is 5.56 Å². The Balaban J connectivity index is 2.43. The second kappa shape index (κ2) is 3.76. The fourth-order valence-electron chi connectivity index (χ4n) is 1.93. The third-order valence-corrected chi connectivity index (χ3v) is 2.76. The van der Waals surface area contributed by atoms with Gasteiger partial charge in [0.2, 0.25) is 0 Å². The van der Waals surface area contributed by atoms with Crippen LogP contribution in [0.25, 0.3) is 22.1 Å². The summed E-state index contributed by atoms with van der Waals surface area (Å²) in [5.74, 6) is 0. The summed E-state index contributed by atoms with van der Waals surface area (Å²) in [6.45, 7) is 0. The van der Waals surface area contributed by atoms with E-state index in [1.165, 1.54) is 0 Å². The molecule has 1 heterocycles. The van der Waals surface area contributed by atoms with Gasteiger partial charge in [-0.3, -0.25) is 0 Å². The van der Waals surface area contributed by atoms with E-state index in [2.05, 4.69) is 9.97 Å². The molecule has 3 rings (SSSR count). The summed E-state index contributed by atoms with van der Waals surface area (Å²) >= 11 is 0. The van der Waals surface area contributed by atoms with Gasteiger partial charge in [0.15, 0.2) is 0 Å². The van der Waals surface area contributed by atoms with Crippen molar-refractivity contribution in [2.75, 3.05) is 0 Å². The van der Waals surface area contributed by atoms with E-state index in [1.807, 2.05) is 42.5 Å². The molecule has 4 nitrogen and oxygen atoms in total. The number of fused-ring (bicyclic) bond motifs is 2. The molecule has 2 aromatic carbocycles. The summed E-state index contributed by atoms with van der Waals surface area (Å²) in [6.07, 6.45) is -0.533. The molecule has 0 bridgehead atoms. The van der Waals surface area contributed by atoms with Crippen LogP contribution in [0.2, 0.25) is 0 Å². The third-order valence-electron chi connectivity index (χ3n) is 2.76. The molecule has 0 aliphatic rings. The molecular formula is C13H12N4. The van der Waals surface area contributed by atoms with E-state index in [1.54, 1.807) is 0 Å². The van der Waals surface area contributed by atoms with Crippen molar-refractivity contribution in [2.24, 2.45) is 11.5 Å². The molecule has 0 radical (unpaired) electrons. The SMILES string of the molecule is NC(N)c1cccc2nc3ccccc3nc12. The van der Waals surface area contributed by atoms with Crippen LogP contribution in [-0.4, -0.2) is 9.97 Å². The van der Waals surface area contributed by atoms with Gasteiger partial charge in [0.25, 0.3) is 0 Å². The molecule has 0 aliphatic carbocycles. The van der Waals surface area contributed by atoms with E-state index < -0.39 is 6.17 Å². The fourth-order valence-corrected chi connectivity index (χ4v) is 1.93. The number of benzene rings is 2. The average Bonchev–Trinajstić information content (AvgIpc) is 2.35. The van der Waals surface area contributed by atoms with Crippen molar-refractivity contribution < 1.29 is 0 Å². The molecule has 84 valence electrons.